The van der Waals surface area contributed by atoms with Gasteiger partial charge in [0, 0.05) is 5.56 Å². The lowest BCUT2D eigenvalue weighted by Crippen LogP contribution is -2.87. The summed E-state index contributed by atoms with van der Waals surface area (Å²) in [5.74, 6) is 1.13. The zero-order valence-corrected chi connectivity index (χ0v) is 18.3. The monoisotopic (exact) mass is 409 g/mol. The lowest BCUT2D eigenvalue weighted by molar-refractivity contribution is -0.675. The molecule has 0 saturated heterocycles. The number of quaternary nitrogens is 1. The van der Waals surface area contributed by atoms with E-state index in [1.165, 1.54) is 16.0 Å². The van der Waals surface area contributed by atoms with Crippen LogP contribution in [0.2, 0.25) is 0 Å². The summed E-state index contributed by atoms with van der Waals surface area (Å²) in [6.45, 7) is 6.71. The highest BCUT2D eigenvalue weighted by Gasteiger charge is 2.20. The van der Waals surface area contributed by atoms with Crippen molar-refractivity contribution in [1.82, 2.24) is 0 Å². The zero-order valence-electron chi connectivity index (χ0n) is 17.4. The van der Waals surface area contributed by atoms with Gasteiger partial charge in [0.25, 0.3) is 5.91 Å². The minimum Gasteiger partial charge on any atom is -0.495 e. The van der Waals surface area contributed by atoms with Gasteiger partial charge < -0.3 is 15.4 Å². The van der Waals surface area contributed by atoms with Crippen molar-refractivity contribution in [3.05, 3.63) is 81.5 Å². The van der Waals surface area contributed by atoms with E-state index < -0.39 is 0 Å². The second-order valence-corrected chi connectivity index (χ2v) is 8.49. The number of methoxy groups -OCH3 is 1. The number of rotatable bonds is 8. The Balaban J connectivity index is 1.72. The summed E-state index contributed by atoms with van der Waals surface area (Å²) in [5, 5.41) is 7.16. The van der Waals surface area contributed by atoms with Crippen LogP contribution in [0.15, 0.2) is 60.0 Å². The number of carbonyl (C=O) groups excluding carboxylic acids is 1. The van der Waals surface area contributed by atoms with Crippen LogP contribution in [-0.4, -0.2) is 19.6 Å². The molecule has 0 fully saturated rings. The number of carbonyl (C=O) groups is 1. The van der Waals surface area contributed by atoms with E-state index in [0.29, 0.717) is 23.9 Å². The van der Waals surface area contributed by atoms with Crippen molar-refractivity contribution in [3.63, 3.8) is 0 Å². The molecule has 3 rings (SSSR count). The number of amides is 1. The van der Waals surface area contributed by atoms with Gasteiger partial charge in [0.2, 0.25) is 0 Å². The number of anilines is 1. The normalized spacial score (nSPS) is 12.0. The Bertz CT molecular complexity index is 934. The van der Waals surface area contributed by atoms with Crippen LogP contribution >= 0.6 is 11.3 Å². The minimum atomic E-state index is -0.0470. The van der Waals surface area contributed by atoms with Gasteiger partial charge in [0.1, 0.15) is 11.8 Å². The van der Waals surface area contributed by atoms with E-state index in [0.717, 1.165) is 5.56 Å². The Kier molecular flexibility index (Phi) is 7.07. The van der Waals surface area contributed by atoms with E-state index in [9.17, 15) is 4.79 Å². The maximum Gasteiger partial charge on any atom is 0.279 e. The Labute approximate surface area is 176 Å². The molecule has 3 N–H and O–H groups in total. The standard InChI is InChI=1S/C24H28N2O2S/c1-16(2)18-8-10-19(11-9-18)24(22-6-5-13-29-22)25-15-23(27)26-20-14-17(3)7-12-21(20)28-4/h5-14,16,24-25H,15H2,1-4H3,(H,26,27)/p+1/t24-/m1/s1. The number of hydrogen-bond donors (Lipinski definition) is 2. The fourth-order valence-corrected chi connectivity index (χ4v) is 4.17. The van der Waals surface area contributed by atoms with Crippen molar-refractivity contribution >= 4 is 22.9 Å². The van der Waals surface area contributed by atoms with E-state index in [-0.39, 0.29) is 11.9 Å². The molecule has 1 heterocycles. The average molecular weight is 410 g/mol. The molecule has 0 aliphatic carbocycles. The Morgan fingerprint density at radius 1 is 1.10 bits per heavy atom. The first-order valence-corrected chi connectivity index (χ1v) is 10.8. The van der Waals surface area contributed by atoms with E-state index in [4.69, 9.17) is 4.74 Å². The van der Waals surface area contributed by atoms with Gasteiger partial charge in [0.15, 0.2) is 6.54 Å². The lowest BCUT2D eigenvalue weighted by atomic mass is 9.98. The van der Waals surface area contributed by atoms with Crippen LogP contribution in [0.3, 0.4) is 0 Å². The fourth-order valence-electron chi connectivity index (χ4n) is 3.32. The third-order valence-corrected chi connectivity index (χ3v) is 5.94. The van der Waals surface area contributed by atoms with Gasteiger partial charge in [-0.1, -0.05) is 50.2 Å². The molecule has 1 amide bonds. The highest BCUT2D eigenvalue weighted by atomic mass is 32.1. The molecule has 0 aliphatic heterocycles. The first-order valence-electron chi connectivity index (χ1n) is 9.89. The van der Waals surface area contributed by atoms with E-state index >= 15 is 0 Å². The van der Waals surface area contributed by atoms with Crippen LogP contribution in [0, 0.1) is 6.92 Å². The zero-order chi connectivity index (χ0) is 20.8. The molecule has 0 bridgehead atoms. The van der Waals surface area contributed by atoms with Crippen molar-refractivity contribution < 1.29 is 14.8 Å². The molecule has 5 heteroatoms. The molecule has 3 aromatic rings. The second-order valence-electron chi connectivity index (χ2n) is 7.51. The van der Waals surface area contributed by atoms with Crippen molar-refractivity contribution in [1.29, 1.82) is 0 Å². The maximum atomic E-state index is 12.6. The third-order valence-electron chi connectivity index (χ3n) is 4.98. The molecule has 0 saturated carbocycles. The molecule has 0 aliphatic rings. The molecular formula is C24H29N2O2S+. The first-order chi connectivity index (χ1) is 14.0. The number of benzene rings is 2. The summed E-state index contributed by atoms with van der Waals surface area (Å²) in [6.07, 6.45) is 0. The van der Waals surface area contributed by atoms with Gasteiger partial charge in [-0.15, -0.1) is 11.3 Å². The maximum absolute atomic E-state index is 12.6. The molecule has 1 atom stereocenters. The van der Waals surface area contributed by atoms with E-state index in [1.807, 2.05) is 25.1 Å². The van der Waals surface area contributed by atoms with Gasteiger partial charge in [-0.3, -0.25) is 4.79 Å². The summed E-state index contributed by atoms with van der Waals surface area (Å²) in [5.41, 5.74) is 4.31. The van der Waals surface area contributed by atoms with Crippen LogP contribution in [0.1, 0.15) is 47.4 Å². The predicted octanol–water partition coefficient (Wildman–Crippen LogP) is 4.48. The van der Waals surface area contributed by atoms with Crippen molar-refractivity contribution in [2.24, 2.45) is 0 Å². The Morgan fingerprint density at radius 2 is 1.83 bits per heavy atom. The number of nitrogens with one attached hydrogen (secondary N) is 1. The first kappa shape index (κ1) is 21.1. The summed E-state index contributed by atoms with van der Waals surface area (Å²) in [6, 6.07) is 18.8. The topological polar surface area (TPSA) is 54.9 Å². The summed E-state index contributed by atoms with van der Waals surface area (Å²) < 4.78 is 5.36. The lowest BCUT2D eigenvalue weighted by Gasteiger charge is -2.16. The van der Waals surface area contributed by atoms with E-state index in [1.54, 1.807) is 18.4 Å². The third kappa shape index (κ3) is 5.46. The molecule has 0 unspecified atom stereocenters. The summed E-state index contributed by atoms with van der Waals surface area (Å²) in [7, 11) is 1.61. The molecule has 0 radical (unpaired) electrons. The SMILES string of the molecule is COc1ccc(C)cc1NC(=O)C[NH2+][C@H](c1ccc(C(C)C)cc1)c1cccs1. The van der Waals surface area contributed by atoms with Gasteiger partial charge in [-0.25, -0.2) is 0 Å². The van der Waals surface area contributed by atoms with Crippen LogP contribution in [0.4, 0.5) is 5.69 Å². The van der Waals surface area contributed by atoms with Gasteiger partial charge >= 0.3 is 0 Å². The highest BCUT2D eigenvalue weighted by Crippen LogP contribution is 2.26. The summed E-state index contributed by atoms with van der Waals surface area (Å²) >= 11 is 1.72. The number of nitrogens with two attached hydrogens (primary N) is 1. The number of thiophene rings is 1. The molecule has 2 aromatic carbocycles. The molecule has 0 spiro atoms. The Hall–Kier alpha value is -2.63. The van der Waals surface area contributed by atoms with Crippen LogP contribution < -0.4 is 15.4 Å². The van der Waals surface area contributed by atoms with Gasteiger partial charge in [0.05, 0.1) is 17.7 Å². The molecule has 29 heavy (non-hydrogen) atoms. The highest BCUT2D eigenvalue weighted by molar-refractivity contribution is 7.10. The van der Waals surface area contributed by atoms with Crippen molar-refractivity contribution in [2.75, 3.05) is 19.0 Å². The molecule has 1 aromatic heterocycles. The predicted molar refractivity (Wildman–Crippen MR) is 120 cm³/mol. The number of aryl methyl sites for hydroxylation is 1. The van der Waals surface area contributed by atoms with Crippen LogP contribution in [-0.2, 0) is 4.79 Å². The average Bonchev–Trinajstić information content (AvgIpc) is 3.23. The smallest absolute Gasteiger partial charge is 0.279 e. The summed E-state index contributed by atoms with van der Waals surface area (Å²) in [4.78, 5) is 13.9. The minimum absolute atomic E-state index is 0.0470. The van der Waals surface area contributed by atoms with E-state index in [2.05, 4.69) is 66.3 Å². The molecular weight excluding hydrogens is 380 g/mol. The fraction of sp³-hybridized carbons (Fsp3) is 0.292. The molecule has 152 valence electrons. The quantitative estimate of drug-likeness (QED) is 0.576. The Morgan fingerprint density at radius 3 is 2.45 bits per heavy atom. The molecule has 4 nitrogen and oxygen atoms in total. The van der Waals surface area contributed by atoms with Gasteiger partial charge in [-0.2, -0.15) is 0 Å². The largest absolute Gasteiger partial charge is 0.495 e. The van der Waals surface area contributed by atoms with Crippen LogP contribution in [0.25, 0.3) is 0 Å². The van der Waals surface area contributed by atoms with Crippen molar-refractivity contribution in [2.45, 2.75) is 32.7 Å². The van der Waals surface area contributed by atoms with Gasteiger partial charge in [-0.05, 0) is 47.5 Å². The van der Waals surface area contributed by atoms with Crippen LogP contribution in [0.5, 0.6) is 5.75 Å². The number of hydrogen-bond acceptors (Lipinski definition) is 3. The number of ether oxygens (including phenoxy) is 1. The second kappa shape index (κ2) is 9.72. The van der Waals surface area contributed by atoms with Crippen molar-refractivity contribution in [3.8, 4) is 5.75 Å².